The van der Waals surface area contributed by atoms with E-state index in [4.69, 9.17) is 5.73 Å². The van der Waals surface area contributed by atoms with Crippen molar-refractivity contribution in [1.82, 2.24) is 4.90 Å². The summed E-state index contributed by atoms with van der Waals surface area (Å²) in [6.07, 6.45) is 6.93. The highest BCUT2D eigenvalue weighted by Crippen LogP contribution is 2.23. The molecule has 1 saturated carbocycles. The molecule has 0 saturated heterocycles. The summed E-state index contributed by atoms with van der Waals surface area (Å²) < 4.78 is 0. The lowest BCUT2D eigenvalue weighted by molar-refractivity contribution is -0.116. The number of carbonyl (C=O) groups excluding carboxylic acids is 2. The fourth-order valence-electron chi connectivity index (χ4n) is 3.12. The van der Waals surface area contributed by atoms with Gasteiger partial charge < -0.3 is 16.0 Å². The standard InChI is InChI=1S/C19H29N3O2/c1-14(20)8-13-18(23)21-16-11-9-15(10-12-16)19(24)22(2)17-6-4-3-5-7-17/h9-12,14,17H,3-8,13,20H2,1-2H3,(H,21,23). The molecule has 1 aromatic carbocycles. The number of nitrogens with zero attached hydrogens (tertiary/aromatic N) is 1. The summed E-state index contributed by atoms with van der Waals surface area (Å²) in [7, 11) is 1.89. The quantitative estimate of drug-likeness (QED) is 0.841. The molecule has 0 radical (unpaired) electrons. The maximum Gasteiger partial charge on any atom is 0.253 e. The summed E-state index contributed by atoms with van der Waals surface area (Å²) in [6.45, 7) is 1.89. The highest BCUT2D eigenvalue weighted by molar-refractivity contribution is 5.95. The van der Waals surface area contributed by atoms with E-state index in [0.29, 0.717) is 30.1 Å². The first-order valence-electron chi connectivity index (χ1n) is 8.90. The van der Waals surface area contributed by atoms with E-state index in [0.717, 1.165) is 12.8 Å². The van der Waals surface area contributed by atoms with Crippen molar-refractivity contribution in [3.63, 3.8) is 0 Å². The van der Waals surface area contributed by atoms with E-state index >= 15 is 0 Å². The zero-order valence-corrected chi connectivity index (χ0v) is 14.8. The highest BCUT2D eigenvalue weighted by Gasteiger charge is 2.22. The number of hydrogen-bond acceptors (Lipinski definition) is 3. The van der Waals surface area contributed by atoms with Crippen LogP contribution >= 0.6 is 0 Å². The maximum atomic E-state index is 12.6. The summed E-state index contributed by atoms with van der Waals surface area (Å²) in [5.41, 5.74) is 7.03. The number of nitrogens with one attached hydrogen (secondary N) is 1. The molecule has 1 unspecified atom stereocenters. The van der Waals surface area contributed by atoms with Gasteiger partial charge in [-0.25, -0.2) is 0 Å². The first kappa shape index (κ1) is 18.5. The molecule has 0 spiro atoms. The molecule has 24 heavy (non-hydrogen) atoms. The van der Waals surface area contributed by atoms with E-state index in [9.17, 15) is 9.59 Å². The van der Waals surface area contributed by atoms with Crippen LogP contribution in [-0.4, -0.2) is 35.8 Å². The van der Waals surface area contributed by atoms with Crippen molar-refractivity contribution in [3.05, 3.63) is 29.8 Å². The Kier molecular flexibility index (Phi) is 6.79. The summed E-state index contributed by atoms with van der Waals surface area (Å²) >= 11 is 0. The molecule has 5 heteroatoms. The highest BCUT2D eigenvalue weighted by atomic mass is 16.2. The fourth-order valence-corrected chi connectivity index (χ4v) is 3.12. The Bertz CT molecular complexity index is 548. The first-order valence-corrected chi connectivity index (χ1v) is 8.90. The Morgan fingerprint density at radius 3 is 2.42 bits per heavy atom. The zero-order valence-electron chi connectivity index (χ0n) is 14.8. The molecule has 1 atom stereocenters. The lowest BCUT2D eigenvalue weighted by Gasteiger charge is -2.31. The van der Waals surface area contributed by atoms with Crippen molar-refractivity contribution < 1.29 is 9.59 Å². The van der Waals surface area contributed by atoms with Gasteiger partial charge >= 0.3 is 0 Å². The second kappa shape index (κ2) is 8.83. The van der Waals surface area contributed by atoms with Gasteiger partial charge in [-0.05, 0) is 50.5 Å². The van der Waals surface area contributed by atoms with Gasteiger partial charge in [0.05, 0.1) is 0 Å². The van der Waals surface area contributed by atoms with Crippen LogP contribution in [0.1, 0.15) is 62.2 Å². The van der Waals surface area contributed by atoms with Crippen LogP contribution in [0.5, 0.6) is 0 Å². The van der Waals surface area contributed by atoms with Crippen molar-refractivity contribution in [2.24, 2.45) is 5.73 Å². The molecule has 0 aromatic heterocycles. The van der Waals surface area contributed by atoms with Crippen molar-refractivity contribution in [2.45, 2.75) is 64.0 Å². The molecule has 2 amide bonds. The van der Waals surface area contributed by atoms with Crippen LogP contribution in [0.4, 0.5) is 5.69 Å². The number of carbonyl (C=O) groups is 2. The number of anilines is 1. The van der Waals surface area contributed by atoms with E-state index in [1.54, 1.807) is 24.3 Å². The third-order valence-corrected chi connectivity index (χ3v) is 4.69. The summed E-state index contributed by atoms with van der Waals surface area (Å²) in [6, 6.07) is 7.50. The van der Waals surface area contributed by atoms with Crippen LogP contribution in [0, 0.1) is 0 Å². The first-order chi connectivity index (χ1) is 11.5. The second-order valence-electron chi connectivity index (χ2n) is 6.85. The molecule has 1 fully saturated rings. The molecule has 5 nitrogen and oxygen atoms in total. The summed E-state index contributed by atoms with van der Waals surface area (Å²) in [5, 5.41) is 2.84. The van der Waals surface area contributed by atoms with Gasteiger partial charge in [0.2, 0.25) is 5.91 Å². The van der Waals surface area contributed by atoms with Gasteiger partial charge in [0.25, 0.3) is 5.91 Å². The minimum atomic E-state index is -0.0503. The SMILES string of the molecule is CC(N)CCC(=O)Nc1ccc(C(=O)N(C)C2CCCCC2)cc1. The molecule has 1 aliphatic carbocycles. The predicted octanol–water partition coefficient (Wildman–Crippen LogP) is 3.16. The lowest BCUT2D eigenvalue weighted by Crippen LogP contribution is -2.38. The Hall–Kier alpha value is -1.88. The van der Waals surface area contributed by atoms with E-state index in [2.05, 4.69) is 5.32 Å². The normalized spacial score (nSPS) is 16.5. The van der Waals surface area contributed by atoms with Gasteiger partial charge in [0.1, 0.15) is 0 Å². The van der Waals surface area contributed by atoms with Crippen LogP contribution in [0.25, 0.3) is 0 Å². The van der Waals surface area contributed by atoms with Crippen molar-refractivity contribution in [1.29, 1.82) is 0 Å². The molecule has 0 heterocycles. The largest absolute Gasteiger partial charge is 0.339 e. The average Bonchev–Trinajstić information content (AvgIpc) is 2.60. The number of nitrogens with two attached hydrogens (primary N) is 1. The van der Waals surface area contributed by atoms with Crippen LogP contribution in [0.3, 0.4) is 0 Å². The van der Waals surface area contributed by atoms with Gasteiger partial charge in [0, 0.05) is 36.8 Å². The average molecular weight is 331 g/mol. The third-order valence-electron chi connectivity index (χ3n) is 4.69. The molecule has 0 bridgehead atoms. The van der Waals surface area contributed by atoms with Crippen molar-refractivity contribution >= 4 is 17.5 Å². The monoisotopic (exact) mass is 331 g/mol. The Balaban J connectivity index is 1.90. The zero-order chi connectivity index (χ0) is 17.5. The Morgan fingerprint density at radius 1 is 1.21 bits per heavy atom. The fraction of sp³-hybridized carbons (Fsp3) is 0.579. The van der Waals surface area contributed by atoms with E-state index < -0.39 is 0 Å². The minimum Gasteiger partial charge on any atom is -0.339 e. The van der Waals surface area contributed by atoms with Crippen LogP contribution in [0.15, 0.2) is 24.3 Å². The minimum absolute atomic E-state index is 0.0195. The Labute approximate surface area is 144 Å². The van der Waals surface area contributed by atoms with Crippen LogP contribution < -0.4 is 11.1 Å². The van der Waals surface area contributed by atoms with Crippen molar-refractivity contribution in [2.75, 3.05) is 12.4 Å². The molecular weight excluding hydrogens is 302 g/mol. The van der Waals surface area contributed by atoms with Gasteiger partial charge in [-0.15, -0.1) is 0 Å². The lowest BCUT2D eigenvalue weighted by atomic mass is 9.94. The van der Waals surface area contributed by atoms with E-state index in [-0.39, 0.29) is 17.9 Å². The van der Waals surface area contributed by atoms with E-state index in [1.807, 2.05) is 18.9 Å². The van der Waals surface area contributed by atoms with Crippen LogP contribution in [-0.2, 0) is 4.79 Å². The molecular formula is C19H29N3O2. The topological polar surface area (TPSA) is 75.4 Å². The van der Waals surface area contributed by atoms with Gasteiger partial charge in [-0.3, -0.25) is 9.59 Å². The van der Waals surface area contributed by atoms with E-state index in [1.165, 1.54) is 19.3 Å². The summed E-state index contributed by atoms with van der Waals surface area (Å²) in [5.74, 6) is 0.00225. The number of benzene rings is 1. The summed E-state index contributed by atoms with van der Waals surface area (Å²) in [4.78, 5) is 26.3. The molecule has 3 N–H and O–H groups in total. The molecule has 2 rings (SSSR count). The van der Waals surface area contributed by atoms with Gasteiger partial charge in [-0.1, -0.05) is 19.3 Å². The van der Waals surface area contributed by atoms with Gasteiger partial charge in [0.15, 0.2) is 0 Å². The number of amides is 2. The molecule has 1 aliphatic rings. The van der Waals surface area contributed by atoms with Crippen molar-refractivity contribution in [3.8, 4) is 0 Å². The number of hydrogen-bond donors (Lipinski definition) is 2. The third kappa shape index (κ3) is 5.34. The molecule has 132 valence electrons. The molecule has 0 aliphatic heterocycles. The maximum absolute atomic E-state index is 12.6. The number of rotatable bonds is 6. The van der Waals surface area contributed by atoms with Crippen LogP contribution in [0.2, 0.25) is 0 Å². The smallest absolute Gasteiger partial charge is 0.253 e. The second-order valence-corrected chi connectivity index (χ2v) is 6.85. The Morgan fingerprint density at radius 2 is 1.83 bits per heavy atom. The van der Waals surface area contributed by atoms with Gasteiger partial charge in [-0.2, -0.15) is 0 Å². The predicted molar refractivity (Wildman–Crippen MR) is 96.9 cm³/mol. The molecule has 1 aromatic rings.